The third-order valence-electron chi connectivity index (χ3n) is 2.21. The first kappa shape index (κ1) is 12.5. The number of rotatable bonds is 4. The Morgan fingerprint density at radius 3 is 2.67 bits per heavy atom. The predicted molar refractivity (Wildman–Crippen MR) is 63.0 cm³/mol. The molecule has 4 heteroatoms. The molecule has 1 atom stereocenters. The van der Waals surface area contributed by atoms with Gasteiger partial charge in [-0.15, -0.1) is 0 Å². The summed E-state index contributed by atoms with van der Waals surface area (Å²) in [5, 5.41) is 0. The maximum atomic E-state index is 13.6. The zero-order valence-corrected chi connectivity index (χ0v) is 10.5. The molecule has 2 nitrogen and oxygen atoms in total. The van der Waals surface area contributed by atoms with Gasteiger partial charge in [0.15, 0.2) is 0 Å². The van der Waals surface area contributed by atoms with Crippen LogP contribution in [0.1, 0.15) is 12.5 Å². The van der Waals surface area contributed by atoms with E-state index in [4.69, 9.17) is 10.5 Å². The molecule has 0 aliphatic rings. The van der Waals surface area contributed by atoms with Crippen molar-refractivity contribution in [1.29, 1.82) is 0 Å². The lowest BCUT2D eigenvalue weighted by atomic mass is 9.98. The van der Waals surface area contributed by atoms with Crippen molar-refractivity contribution in [2.75, 3.05) is 13.7 Å². The third-order valence-corrected chi connectivity index (χ3v) is 2.83. The quantitative estimate of drug-likeness (QED) is 0.917. The Hall–Kier alpha value is -0.610. The molecule has 1 rings (SSSR count). The largest absolute Gasteiger partial charge is 0.496 e. The van der Waals surface area contributed by atoms with E-state index in [-0.39, 0.29) is 6.54 Å². The van der Waals surface area contributed by atoms with E-state index in [0.717, 1.165) is 15.8 Å². The lowest BCUT2D eigenvalue weighted by molar-refractivity contribution is 0.200. The minimum absolute atomic E-state index is 0.0245. The monoisotopic (exact) mass is 275 g/mol. The molecule has 0 heterocycles. The molecule has 0 aliphatic carbocycles. The molecule has 2 N–H and O–H groups in total. The first-order valence-electron chi connectivity index (χ1n) is 4.70. The van der Waals surface area contributed by atoms with E-state index in [2.05, 4.69) is 15.9 Å². The smallest absolute Gasteiger partial charge is 0.133 e. The summed E-state index contributed by atoms with van der Waals surface area (Å²) in [7, 11) is 1.60. The highest BCUT2D eigenvalue weighted by atomic mass is 79.9. The van der Waals surface area contributed by atoms with Gasteiger partial charge >= 0.3 is 0 Å². The topological polar surface area (TPSA) is 35.2 Å². The Kier molecular flexibility index (Phi) is 4.11. The summed E-state index contributed by atoms with van der Waals surface area (Å²) < 4.78 is 19.6. The second kappa shape index (κ2) is 4.94. The molecular weight excluding hydrogens is 261 g/mol. The molecule has 0 saturated carbocycles. The standard InChI is InChI=1S/C11H15BrFNO/c1-11(13,7-14)6-8-3-4-10(15-2)9(12)5-8/h3-5H,6-7,14H2,1-2H3. The Bertz CT molecular complexity index is 341. The van der Waals surface area contributed by atoms with E-state index in [9.17, 15) is 4.39 Å². The first-order chi connectivity index (χ1) is 6.98. The van der Waals surface area contributed by atoms with Crippen LogP contribution in [0.5, 0.6) is 5.75 Å². The predicted octanol–water partition coefficient (Wildman–Crippen LogP) is 2.69. The molecule has 0 spiro atoms. The second-order valence-corrected chi connectivity index (χ2v) is 4.62. The average Bonchev–Trinajstić information content (AvgIpc) is 2.17. The van der Waals surface area contributed by atoms with Gasteiger partial charge in [-0.2, -0.15) is 0 Å². The molecule has 1 aromatic rings. The molecule has 15 heavy (non-hydrogen) atoms. The fraction of sp³-hybridized carbons (Fsp3) is 0.455. The molecule has 0 aromatic heterocycles. The summed E-state index contributed by atoms with van der Waals surface area (Å²) in [6, 6.07) is 5.51. The lowest BCUT2D eigenvalue weighted by Gasteiger charge is -2.18. The number of hydrogen-bond acceptors (Lipinski definition) is 2. The molecule has 1 aromatic carbocycles. The Morgan fingerprint density at radius 2 is 2.20 bits per heavy atom. The van der Waals surface area contributed by atoms with Crippen molar-refractivity contribution < 1.29 is 9.13 Å². The third kappa shape index (κ3) is 3.47. The average molecular weight is 276 g/mol. The zero-order valence-electron chi connectivity index (χ0n) is 8.89. The Labute approximate surface area is 97.7 Å². The highest BCUT2D eigenvalue weighted by Crippen LogP contribution is 2.27. The number of methoxy groups -OCH3 is 1. The highest BCUT2D eigenvalue weighted by Gasteiger charge is 2.21. The second-order valence-electron chi connectivity index (χ2n) is 3.76. The summed E-state index contributed by atoms with van der Waals surface area (Å²) >= 11 is 3.36. The van der Waals surface area contributed by atoms with Gasteiger partial charge in [0, 0.05) is 13.0 Å². The van der Waals surface area contributed by atoms with Gasteiger partial charge in [-0.05, 0) is 40.5 Å². The number of nitrogens with two attached hydrogens (primary N) is 1. The van der Waals surface area contributed by atoms with E-state index in [1.807, 2.05) is 18.2 Å². The molecule has 0 amide bonds. The van der Waals surface area contributed by atoms with Gasteiger partial charge < -0.3 is 10.5 Å². The van der Waals surface area contributed by atoms with E-state index < -0.39 is 5.67 Å². The number of alkyl halides is 1. The number of ether oxygens (including phenoxy) is 1. The molecule has 84 valence electrons. The minimum Gasteiger partial charge on any atom is -0.496 e. The fourth-order valence-electron chi connectivity index (χ4n) is 1.32. The van der Waals surface area contributed by atoms with Crippen LogP contribution >= 0.6 is 15.9 Å². The van der Waals surface area contributed by atoms with Crippen LogP contribution in [0, 0.1) is 0 Å². The van der Waals surface area contributed by atoms with Crippen LogP contribution in [0.4, 0.5) is 4.39 Å². The molecule has 1 unspecified atom stereocenters. The van der Waals surface area contributed by atoms with Gasteiger partial charge in [0.2, 0.25) is 0 Å². The number of hydrogen-bond donors (Lipinski definition) is 1. The van der Waals surface area contributed by atoms with Crippen LogP contribution < -0.4 is 10.5 Å². The first-order valence-corrected chi connectivity index (χ1v) is 5.49. The fourth-order valence-corrected chi connectivity index (χ4v) is 1.91. The van der Waals surface area contributed by atoms with Crippen molar-refractivity contribution in [1.82, 2.24) is 0 Å². The van der Waals surface area contributed by atoms with E-state index in [1.165, 1.54) is 6.92 Å². The van der Waals surface area contributed by atoms with Crippen LogP contribution in [0.3, 0.4) is 0 Å². The van der Waals surface area contributed by atoms with Crippen LogP contribution in [0.25, 0.3) is 0 Å². The maximum absolute atomic E-state index is 13.6. The van der Waals surface area contributed by atoms with Gasteiger partial charge in [-0.25, -0.2) is 4.39 Å². The SMILES string of the molecule is COc1ccc(CC(C)(F)CN)cc1Br. The van der Waals surface area contributed by atoms with Crippen molar-refractivity contribution in [3.05, 3.63) is 28.2 Å². The van der Waals surface area contributed by atoms with Crippen molar-refractivity contribution in [2.45, 2.75) is 19.0 Å². The molecule has 0 fully saturated rings. The minimum atomic E-state index is -1.35. The van der Waals surface area contributed by atoms with Gasteiger partial charge in [-0.3, -0.25) is 0 Å². The number of halogens is 2. The van der Waals surface area contributed by atoms with E-state index >= 15 is 0 Å². The Balaban J connectivity index is 2.84. The zero-order chi connectivity index (χ0) is 11.5. The highest BCUT2D eigenvalue weighted by molar-refractivity contribution is 9.10. The van der Waals surface area contributed by atoms with Crippen LogP contribution in [-0.4, -0.2) is 19.3 Å². The van der Waals surface area contributed by atoms with Crippen molar-refractivity contribution >= 4 is 15.9 Å². The van der Waals surface area contributed by atoms with Gasteiger partial charge in [-0.1, -0.05) is 6.07 Å². The maximum Gasteiger partial charge on any atom is 0.133 e. The normalized spacial score (nSPS) is 14.7. The van der Waals surface area contributed by atoms with Gasteiger partial charge in [0.25, 0.3) is 0 Å². The summed E-state index contributed by atoms with van der Waals surface area (Å²) in [5.41, 5.74) is 4.88. The molecule has 0 bridgehead atoms. The summed E-state index contributed by atoms with van der Waals surface area (Å²) in [6.45, 7) is 1.53. The summed E-state index contributed by atoms with van der Waals surface area (Å²) in [5.74, 6) is 0.743. The van der Waals surface area contributed by atoms with Crippen molar-refractivity contribution in [2.24, 2.45) is 5.73 Å². The summed E-state index contributed by atoms with van der Waals surface area (Å²) in [6.07, 6.45) is 0.312. The molecular formula is C11H15BrFNO. The summed E-state index contributed by atoms with van der Waals surface area (Å²) in [4.78, 5) is 0. The van der Waals surface area contributed by atoms with Crippen molar-refractivity contribution in [3.63, 3.8) is 0 Å². The molecule has 0 radical (unpaired) electrons. The van der Waals surface area contributed by atoms with Crippen LogP contribution in [0.2, 0.25) is 0 Å². The Morgan fingerprint density at radius 1 is 1.53 bits per heavy atom. The van der Waals surface area contributed by atoms with Gasteiger partial charge in [0.05, 0.1) is 11.6 Å². The molecule has 0 saturated heterocycles. The lowest BCUT2D eigenvalue weighted by Crippen LogP contribution is -2.31. The van der Waals surface area contributed by atoms with Crippen LogP contribution in [-0.2, 0) is 6.42 Å². The number of benzene rings is 1. The van der Waals surface area contributed by atoms with E-state index in [1.54, 1.807) is 7.11 Å². The van der Waals surface area contributed by atoms with Crippen molar-refractivity contribution in [3.8, 4) is 5.75 Å². The van der Waals surface area contributed by atoms with E-state index in [0.29, 0.717) is 6.42 Å². The molecule has 0 aliphatic heterocycles. The van der Waals surface area contributed by atoms with Gasteiger partial charge in [0.1, 0.15) is 11.4 Å². The van der Waals surface area contributed by atoms with Crippen LogP contribution in [0.15, 0.2) is 22.7 Å².